The summed E-state index contributed by atoms with van der Waals surface area (Å²) in [5.41, 5.74) is -1.27. The third-order valence-electron chi connectivity index (χ3n) is 2.82. The zero-order valence-corrected chi connectivity index (χ0v) is 12.2. The van der Waals surface area contributed by atoms with Crippen molar-refractivity contribution in [2.45, 2.75) is 6.48 Å². The first-order valence-electron chi connectivity index (χ1n) is 5.91. The van der Waals surface area contributed by atoms with Crippen LogP contribution in [0.5, 0.6) is 0 Å². The Kier molecular flexibility index (Phi) is 4.91. The van der Waals surface area contributed by atoms with Crippen molar-refractivity contribution in [3.05, 3.63) is 53.4 Å². The lowest BCUT2D eigenvalue weighted by molar-refractivity contribution is -0.179. The molecule has 2 aromatic rings. The van der Waals surface area contributed by atoms with Gasteiger partial charge in [-0.2, -0.15) is 0 Å². The van der Waals surface area contributed by atoms with E-state index < -0.39 is 50.9 Å². The molecule has 3 nitrogen and oxygen atoms in total. The first-order valence-corrected chi connectivity index (χ1v) is 7.20. The molecular formula is C13H9F5O3Si. The van der Waals surface area contributed by atoms with Gasteiger partial charge in [0, 0.05) is 0 Å². The largest absolute Gasteiger partial charge is 0.373 e. The van der Waals surface area contributed by atoms with Crippen LogP contribution in [0.2, 0.25) is 0 Å². The van der Waals surface area contributed by atoms with E-state index in [1.807, 2.05) is 0 Å². The summed E-state index contributed by atoms with van der Waals surface area (Å²) in [6.07, 6.45) is 0. The maximum Gasteiger partial charge on any atom is 0.256 e. The summed E-state index contributed by atoms with van der Waals surface area (Å²) in [6.45, 7) is -2.00. The van der Waals surface area contributed by atoms with E-state index in [0.717, 1.165) is 0 Å². The smallest absolute Gasteiger partial charge is 0.256 e. The third kappa shape index (κ3) is 3.17. The lowest BCUT2D eigenvalue weighted by Crippen LogP contribution is -2.23. The zero-order chi connectivity index (χ0) is 16.4. The second-order valence-electron chi connectivity index (χ2n) is 4.28. The Morgan fingerprint density at radius 3 is 1.95 bits per heavy atom. The van der Waals surface area contributed by atoms with Crippen LogP contribution in [-0.4, -0.2) is 26.5 Å². The summed E-state index contributed by atoms with van der Waals surface area (Å²) in [6, 6.07) is 5.16. The summed E-state index contributed by atoms with van der Waals surface area (Å²) in [4.78, 5) is 0. The molecule has 0 spiro atoms. The van der Waals surface area contributed by atoms with E-state index in [1.54, 1.807) is 0 Å². The molecule has 0 aliphatic heterocycles. The van der Waals surface area contributed by atoms with E-state index in [0.29, 0.717) is 5.19 Å². The van der Waals surface area contributed by atoms with Gasteiger partial charge in [-0.1, -0.05) is 24.3 Å². The van der Waals surface area contributed by atoms with Crippen LogP contribution in [-0.2, 0) is 4.43 Å². The average molecular weight is 336 g/mol. The fourth-order valence-corrected chi connectivity index (χ4v) is 2.72. The van der Waals surface area contributed by atoms with Gasteiger partial charge >= 0.3 is 0 Å². The van der Waals surface area contributed by atoms with Gasteiger partial charge in [-0.25, -0.2) is 22.0 Å². The summed E-state index contributed by atoms with van der Waals surface area (Å²) in [5.74, 6) is -10.1. The average Bonchev–Trinajstić information content (AvgIpc) is 2.50. The van der Waals surface area contributed by atoms with Crippen molar-refractivity contribution < 1.29 is 36.6 Å². The van der Waals surface area contributed by atoms with Crippen molar-refractivity contribution in [3.8, 4) is 11.1 Å². The van der Waals surface area contributed by atoms with Gasteiger partial charge in [-0.3, -0.25) is 0 Å². The Morgan fingerprint density at radius 2 is 1.41 bits per heavy atom. The van der Waals surface area contributed by atoms with Gasteiger partial charge in [-0.05, 0) is 10.8 Å². The van der Waals surface area contributed by atoms with Crippen LogP contribution in [0.3, 0.4) is 0 Å². The molecule has 0 aromatic heterocycles. The Morgan fingerprint density at radius 1 is 0.864 bits per heavy atom. The first-order chi connectivity index (χ1) is 10.3. The predicted octanol–water partition coefficient (Wildman–Crippen LogP) is 1.04. The van der Waals surface area contributed by atoms with Gasteiger partial charge in [0.15, 0.2) is 33.0 Å². The molecule has 2 aromatic carbocycles. The molecule has 118 valence electrons. The van der Waals surface area contributed by atoms with Crippen LogP contribution >= 0.6 is 0 Å². The number of halogens is 5. The number of rotatable bonds is 4. The Hall–Kier alpha value is -1.81. The molecule has 22 heavy (non-hydrogen) atoms. The Balaban J connectivity index is 2.51. The fraction of sp³-hybridized carbons (Fsp3) is 0.0769. The molecule has 0 aliphatic carbocycles. The Labute approximate surface area is 123 Å². The van der Waals surface area contributed by atoms with Crippen molar-refractivity contribution in [1.82, 2.24) is 0 Å². The highest BCUT2D eigenvalue weighted by Gasteiger charge is 2.26. The zero-order valence-electron chi connectivity index (χ0n) is 10.8. The summed E-state index contributed by atoms with van der Waals surface area (Å²) in [7, 11) is -1.64. The molecule has 0 aliphatic rings. The van der Waals surface area contributed by atoms with Crippen LogP contribution < -0.4 is 5.19 Å². The Bertz CT molecular complexity index is 679. The molecule has 0 bridgehead atoms. The van der Waals surface area contributed by atoms with E-state index in [4.69, 9.17) is 10.2 Å². The number of aliphatic hydroxyl groups is 2. The minimum atomic E-state index is -2.23. The van der Waals surface area contributed by atoms with Gasteiger partial charge in [0.05, 0.1) is 5.56 Å². The van der Waals surface area contributed by atoms with Crippen molar-refractivity contribution in [2.24, 2.45) is 0 Å². The summed E-state index contributed by atoms with van der Waals surface area (Å²) < 4.78 is 71.4. The van der Waals surface area contributed by atoms with Crippen molar-refractivity contribution in [1.29, 1.82) is 0 Å². The van der Waals surface area contributed by atoms with E-state index in [9.17, 15) is 22.0 Å². The predicted molar refractivity (Wildman–Crippen MR) is 69.2 cm³/mol. The molecule has 0 saturated carbocycles. The molecular weight excluding hydrogens is 327 g/mol. The number of benzene rings is 2. The van der Waals surface area contributed by atoms with Crippen LogP contribution in [0.4, 0.5) is 22.0 Å². The van der Waals surface area contributed by atoms with Crippen LogP contribution in [0, 0.1) is 29.1 Å². The van der Waals surface area contributed by atoms with E-state index >= 15 is 0 Å². The van der Waals surface area contributed by atoms with Gasteiger partial charge in [0.1, 0.15) is 0 Å². The molecule has 0 atom stereocenters. The third-order valence-corrected chi connectivity index (χ3v) is 4.06. The highest BCUT2D eigenvalue weighted by Crippen LogP contribution is 2.30. The normalized spacial score (nSPS) is 11.8. The van der Waals surface area contributed by atoms with Gasteiger partial charge < -0.3 is 14.6 Å². The summed E-state index contributed by atoms with van der Waals surface area (Å²) in [5, 5.41) is 17.6. The lowest BCUT2D eigenvalue weighted by atomic mass is 10.0. The molecule has 0 unspecified atom stereocenters. The monoisotopic (exact) mass is 336 g/mol. The second kappa shape index (κ2) is 6.52. The van der Waals surface area contributed by atoms with E-state index in [1.165, 1.54) is 24.3 Å². The highest BCUT2D eigenvalue weighted by molar-refractivity contribution is 6.47. The number of hydrogen-bond donors (Lipinski definition) is 2. The van der Waals surface area contributed by atoms with Crippen molar-refractivity contribution in [3.63, 3.8) is 0 Å². The minimum Gasteiger partial charge on any atom is -0.373 e. The molecule has 0 fully saturated rings. The number of hydrogen-bond acceptors (Lipinski definition) is 3. The van der Waals surface area contributed by atoms with Gasteiger partial charge in [0.2, 0.25) is 5.82 Å². The maximum absolute atomic E-state index is 13.7. The summed E-state index contributed by atoms with van der Waals surface area (Å²) >= 11 is 0. The molecule has 2 rings (SSSR count). The van der Waals surface area contributed by atoms with Crippen LogP contribution in [0.25, 0.3) is 11.1 Å². The lowest BCUT2D eigenvalue weighted by Gasteiger charge is -2.10. The van der Waals surface area contributed by atoms with Crippen LogP contribution in [0.1, 0.15) is 0 Å². The van der Waals surface area contributed by atoms with Gasteiger partial charge in [-0.15, -0.1) is 0 Å². The van der Waals surface area contributed by atoms with E-state index in [-0.39, 0.29) is 5.56 Å². The topological polar surface area (TPSA) is 49.7 Å². The maximum atomic E-state index is 13.7. The quantitative estimate of drug-likeness (QED) is 0.288. The molecule has 0 heterocycles. The number of aliphatic hydroxyl groups excluding tert-OH is 1. The second-order valence-corrected chi connectivity index (χ2v) is 5.72. The minimum absolute atomic E-state index is 0.228. The molecule has 0 radical (unpaired) electrons. The molecule has 9 heteroatoms. The van der Waals surface area contributed by atoms with E-state index in [2.05, 4.69) is 4.43 Å². The first kappa shape index (κ1) is 16.6. The standard InChI is InChI=1S/C13H9F5O3Si/c14-8-7(9(15)11(17)12(18)10(8)16)5-2-1-3-6(4-5)22-21-13(19)20/h1-4,13,19-20H,22H2. The molecule has 0 amide bonds. The van der Waals surface area contributed by atoms with Crippen LogP contribution in [0.15, 0.2) is 24.3 Å². The SMILES string of the molecule is OC(O)O[SiH2]c1cccc(-c2c(F)c(F)c(F)c(F)c2F)c1. The van der Waals surface area contributed by atoms with Crippen molar-refractivity contribution in [2.75, 3.05) is 0 Å². The van der Waals surface area contributed by atoms with Gasteiger partial charge in [0.25, 0.3) is 6.48 Å². The molecule has 2 N–H and O–H groups in total. The molecule has 0 saturated heterocycles. The fourth-order valence-electron chi connectivity index (χ4n) is 1.85. The van der Waals surface area contributed by atoms with Crippen molar-refractivity contribution >= 4 is 14.9 Å². The highest BCUT2D eigenvalue weighted by atomic mass is 28.2.